The van der Waals surface area contributed by atoms with E-state index in [4.69, 9.17) is 19.4 Å². The van der Waals surface area contributed by atoms with E-state index >= 15 is 0 Å². The van der Waals surface area contributed by atoms with E-state index in [9.17, 15) is 0 Å². The fourth-order valence-electron chi connectivity index (χ4n) is 9.20. The van der Waals surface area contributed by atoms with Crippen molar-refractivity contribution in [2.75, 3.05) is 0 Å². The number of hydrogen-bond acceptors (Lipinski definition) is 5. The second-order valence-corrected chi connectivity index (χ2v) is 17.2. The van der Waals surface area contributed by atoms with Gasteiger partial charge in [0.05, 0.1) is 0 Å². The van der Waals surface area contributed by atoms with Crippen LogP contribution in [0.5, 0.6) is 0 Å². The minimum Gasteiger partial charge on any atom is -0.455 e. The lowest BCUT2D eigenvalue weighted by Gasteiger charge is -2.11. The average molecular weight is 814 g/mol. The summed E-state index contributed by atoms with van der Waals surface area (Å²) in [5.74, 6) is 1.84. The van der Waals surface area contributed by atoms with Crippen molar-refractivity contribution in [2.24, 2.45) is 0 Å². The molecule has 0 fully saturated rings. The maximum Gasteiger partial charge on any atom is 0.164 e. The van der Waals surface area contributed by atoms with Gasteiger partial charge in [0, 0.05) is 53.2 Å². The molecule has 3 heterocycles. The second kappa shape index (κ2) is 14.9. The van der Waals surface area contributed by atoms with Crippen LogP contribution in [0.2, 0.25) is 0 Å². The third-order valence-electron chi connectivity index (χ3n) is 12.3. The summed E-state index contributed by atoms with van der Waals surface area (Å²) >= 11 is 1.84. The Morgan fingerprint density at radius 3 is 1.89 bits per heavy atom. The topological polar surface area (TPSA) is 51.8 Å². The van der Waals surface area contributed by atoms with Crippen molar-refractivity contribution >= 4 is 75.0 Å². The maximum atomic E-state index is 6.91. The first kappa shape index (κ1) is 36.4. The lowest BCUT2D eigenvalue weighted by molar-refractivity contribution is 0.670. The SMILES string of the molecule is CCCCc1ccc(-c2ccc(-c3nc(-c4ccc5ccccc5c4)nc(-c4cccc5oc6c(-c7cc8sc9ccccc9c8c8ccccc78)cccc6c45)n3)cc2)cc1. The molecule has 3 aromatic heterocycles. The van der Waals surface area contributed by atoms with Gasteiger partial charge in [0.15, 0.2) is 17.5 Å². The van der Waals surface area contributed by atoms with E-state index in [1.165, 1.54) is 60.3 Å². The van der Waals surface area contributed by atoms with Crippen LogP contribution in [0.15, 0.2) is 186 Å². The van der Waals surface area contributed by atoms with Crippen LogP contribution in [-0.4, -0.2) is 15.0 Å². The largest absolute Gasteiger partial charge is 0.455 e. The van der Waals surface area contributed by atoms with Crippen LogP contribution < -0.4 is 0 Å². The van der Waals surface area contributed by atoms with Gasteiger partial charge < -0.3 is 4.42 Å². The summed E-state index contributed by atoms with van der Waals surface area (Å²) in [4.78, 5) is 15.7. The highest BCUT2D eigenvalue weighted by Gasteiger charge is 2.21. The second-order valence-electron chi connectivity index (χ2n) is 16.2. The Morgan fingerprint density at radius 1 is 0.435 bits per heavy atom. The molecule has 0 saturated carbocycles. The van der Waals surface area contributed by atoms with E-state index in [1.807, 2.05) is 17.4 Å². The number of para-hydroxylation sites is 1. The standard InChI is InChI=1S/C57H39N3OS/c1-2-3-12-35-23-25-37(26-24-35)38-27-30-39(31-28-38)55-58-56(41-32-29-36-13-4-5-14-40(36)33-41)60-57(59-55)47-20-11-21-49-52(47)46-19-10-18-44(54(46)61-49)48-34-51-53(43-16-7-6-15-42(43)48)45-17-8-9-22-50(45)62-51/h4-11,13-34H,2-3,12H2,1H3. The van der Waals surface area contributed by atoms with E-state index < -0.39 is 0 Å². The molecule has 12 aromatic rings. The normalized spacial score (nSPS) is 11.8. The molecule has 12 rings (SSSR count). The zero-order valence-electron chi connectivity index (χ0n) is 34.1. The molecule has 0 N–H and O–H groups in total. The zero-order valence-corrected chi connectivity index (χ0v) is 34.9. The molecule has 0 bridgehead atoms. The summed E-state index contributed by atoms with van der Waals surface area (Å²) in [6.45, 7) is 2.24. The number of hydrogen-bond donors (Lipinski definition) is 0. The summed E-state index contributed by atoms with van der Waals surface area (Å²) in [7, 11) is 0. The smallest absolute Gasteiger partial charge is 0.164 e. The number of nitrogens with zero attached hydrogens (tertiary/aromatic N) is 3. The summed E-state index contributed by atoms with van der Waals surface area (Å²) in [6, 6.07) is 64.9. The fourth-order valence-corrected chi connectivity index (χ4v) is 10.4. The number of unbranched alkanes of at least 4 members (excludes halogenated alkanes) is 1. The van der Waals surface area contributed by atoms with Gasteiger partial charge in [0.25, 0.3) is 0 Å². The maximum absolute atomic E-state index is 6.91. The van der Waals surface area contributed by atoms with Crippen LogP contribution in [0.1, 0.15) is 25.3 Å². The molecule has 9 aromatic carbocycles. The van der Waals surface area contributed by atoms with Crippen LogP contribution in [-0.2, 0) is 6.42 Å². The van der Waals surface area contributed by atoms with Gasteiger partial charge in [0.1, 0.15) is 11.2 Å². The first-order valence-corrected chi connectivity index (χ1v) is 22.2. The number of rotatable bonds is 8. The predicted octanol–water partition coefficient (Wildman–Crippen LogP) is 16.1. The predicted molar refractivity (Wildman–Crippen MR) is 261 cm³/mol. The molecular weight excluding hydrogens is 775 g/mol. The highest BCUT2D eigenvalue weighted by atomic mass is 32.1. The van der Waals surface area contributed by atoms with Gasteiger partial charge in [-0.25, -0.2) is 15.0 Å². The highest BCUT2D eigenvalue weighted by molar-refractivity contribution is 7.26. The van der Waals surface area contributed by atoms with E-state index in [1.54, 1.807) is 0 Å². The average Bonchev–Trinajstić information content (AvgIpc) is 3.92. The van der Waals surface area contributed by atoms with Crippen molar-refractivity contribution < 1.29 is 4.42 Å². The van der Waals surface area contributed by atoms with Crippen LogP contribution >= 0.6 is 11.3 Å². The Morgan fingerprint density at radius 2 is 1.06 bits per heavy atom. The number of aryl methyl sites for hydroxylation is 1. The third-order valence-corrected chi connectivity index (χ3v) is 13.4. The van der Waals surface area contributed by atoms with Gasteiger partial charge in [-0.3, -0.25) is 0 Å². The van der Waals surface area contributed by atoms with Gasteiger partial charge in [-0.15, -0.1) is 11.3 Å². The van der Waals surface area contributed by atoms with E-state index in [0.29, 0.717) is 17.5 Å². The minimum absolute atomic E-state index is 0.598. The molecule has 4 nitrogen and oxygen atoms in total. The molecule has 5 heteroatoms. The molecule has 0 amide bonds. The van der Waals surface area contributed by atoms with Gasteiger partial charge in [-0.2, -0.15) is 0 Å². The summed E-state index contributed by atoms with van der Waals surface area (Å²) in [6.07, 6.45) is 3.51. The molecule has 0 spiro atoms. The van der Waals surface area contributed by atoms with Crippen LogP contribution in [0.25, 0.3) is 120 Å². The summed E-state index contributed by atoms with van der Waals surface area (Å²) < 4.78 is 9.47. The van der Waals surface area contributed by atoms with E-state index in [-0.39, 0.29) is 0 Å². The molecule has 0 aliphatic heterocycles. The van der Waals surface area contributed by atoms with Crippen LogP contribution in [0.4, 0.5) is 0 Å². The van der Waals surface area contributed by atoms with E-state index in [2.05, 4.69) is 183 Å². The van der Waals surface area contributed by atoms with Crippen LogP contribution in [0, 0.1) is 0 Å². The van der Waals surface area contributed by atoms with Crippen molar-refractivity contribution in [1.82, 2.24) is 15.0 Å². The van der Waals surface area contributed by atoms with E-state index in [0.717, 1.165) is 67.1 Å². The number of furan rings is 1. The number of benzene rings is 9. The quantitative estimate of drug-likeness (QED) is 0.153. The van der Waals surface area contributed by atoms with Gasteiger partial charge in [-0.05, 0) is 80.9 Å². The molecule has 0 saturated heterocycles. The molecule has 0 atom stereocenters. The Balaban J connectivity index is 1.02. The fraction of sp³-hybridized carbons (Fsp3) is 0.0702. The molecule has 0 radical (unpaired) electrons. The first-order valence-electron chi connectivity index (χ1n) is 21.4. The Labute approximate surface area is 362 Å². The molecule has 294 valence electrons. The molecular formula is C57H39N3OS. The monoisotopic (exact) mass is 813 g/mol. The van der Waals surface area contributed by atoms with Crippen molar-refractivity contribution in [2.45, 2.75) is 26.2 Å². The third kappa shape index (κ3) is 6.16. The van der Waals surface area contributed by atoms with Crippen molar-refractivity contribution in [1.29, 1.82) is 0 Å². The summed E-state index contributed by atoms with van der Waals surface area (Å²) in [5.41, 5.74) is 10.3. The lowest BCUT2D eigenvalue weighted by Crippen LogP contribution is -2.00. The molecule has 0 unspecified atom stereocenters. The zero-order chi connectivity index (χ0) is 41.1. The Hall–Kier alpha value is -7.47. The van der Waals surface area contributed by atoms with Crippen molar-refractivity contribution in [3.63, 3.8) is 0 Å². The molecule has 62 heavy (non-hydrogen) atoms. The number of thiophene rings is 1. The number of aromatic nitrogens is 3. The molecule has 0 aliphatic carbocycles. The lowest BCUT2D eigenvalue weighted by atomic mass is 9.93. The Kier molecular flexibility index (Phi) is 8.75. The van der Waals surface area contributed by atoms with Gasteiger partial charge in [-0.1, -0.05) is 171 Å². The van der Waals surface area contributed by atoms with Crippen molar-refractivity contribution in [3.05, 3.63) is 188 Å². The van der Waals surface area contributed by atoms with Crippen LogP contribution in [0.3, 0.4) is 0 Å². The highest BCUT2D eigenvalue weighted by Crippen LogP contribution is 2.46. The van der Waals surface area contributed by atoms with Crippen molar-refractivity contribution in [3.8, 4) is 56.4 Å². The van der Waals surface area contributed by atoms with Gasteiger partial charge in [0.2, 0.25) is 0 Å². The minimum atomic E-state index is 0.598. The van der Waals surface area contributed by atoms with Gasteiger partial charge >= 0.3 is 0 Å². The first-order chi connectivity index (χ1) is 30.7. The molecule has 0 aliphatic rings. The number of fused-ring (bicyclic) bond motifs is 9. The Bertz CT molecular complexity index is 3680. The summed E-state index contributed by atoms with van der Waals surface area (Å²) in [5, 5.41) is 9.36.